The molecule has 2 atom stereocenters. The van der Waals surface area contributed by atoms with Gasteiger partial charge in [-0.1, -0.05) is 45.4 Å². The molecule has 1 N–H and O–H groups in total. The van der Waals surface area contributed by atoms with Crippen LogP contribution in [0.15, 0.2) is 30.3 Å². The molecule has 2 amide bonds. The molecule has 0 spiro atoms. The number of likely N-dealkylation sites (tertiary alicyclic amines) is 1. The fraction of sp³-hybridized carbons (Fsp3) is 0.579. The van der Waals surface area contributed by atoms with Crippen LogP contribution >= 0.6 is 0 Å². The van der Waals surface area contributed by atoms with Gasteiger partial charge in [0.05, 0.1) is 0 Å². The van der Waals surface area contributed by atoms with Gasteiger partial charge in [0.2, 0.25) is 5.91 Å². The third kappa shape index (κ3) is 4.57. The third-order valence-corrected chi connectivity index (χ3v) is 4.90. The highest BCUT2D eigenvalue weighted by Crippen LogP contribution is 2.19. The van der Waals surface area contributed by atoms with Crippen molar-refractivity contribution in [2.24, 2.45) is 11.8 Å². The number of piperidine rings is 1. The van der Waals surface area contributed by atoms with Crippen molar-refractivity contribution in [2.75, 3.05) is 13.1 Å². The molecule has 0 saturated carbocycles. The molecule has 4 heteroatoms. The molecular weight excluding hydrogens is 288 g/mol. The molecule has 1 heterocycles. The Hall–Kier alpha value is -1.84. The Bertz CT molecular complexity index is 521. The minimum absolute atomic E-state index is 0.0653. The van der Waals surface area contributed by atoms with Crippen molar-refractivity contribution >= 4 is 11.8 Å². The Morgan fingerprint density at radius 2 is 1.83 bits per heavy atom. The van der Waals surface area contributed by atoms with Crippen molar-refractivity contribution in [1.29, 1.82) is 0 Å². The van der Waals surface area contributed by atoms with Crippen molar-refractivity contribution in [1.82, 2.24) is 10.2 Å². The zero-order valence-corrected chi connectivity index (χ0v) is 14.4. The Morgan fingerprint density at radius 1 is 1.22 bits per heavy atom. The maximum atomic E-state index is 12.9. The van der Waals surface area contributed by atoms with Crippen LogP contribution in [-0.2, 0) is 4.79 Å². The molecule has 0 radical (unpaired) electrons. The Balaban J connectivity index is 2.07. The summed E-state index contributed by atoms with van der Waals surface area (Å²) < 4.78 is 0. The molecular formula is C19H28N2O2. The lowest BCUT2D eigenvalue weighted by Gasteiger charge is -2.35. The summed E-state index contributed by atoms with van der Waals surface area (Å²) in [7, 11) is 0. The van der Waals surface area contributed by atoms with E-state index in [-0.39, 0.29) is 17.7 Å². The fourth-order valence-electron chi connectivity index (χ4n) is 2.92. The van der Waals surface area contributed by atoms with Crippen LogP contribution in [0, 0.1) is 11.8 Å². The number of carbonyl (C=O) groups excluding carboxylic acids is 2. The predicted octanol–water partition coefficient (Wildman–Crippen LogP) is 3.09. The summed E-state index contributed by atoms with van der Waals surface area (Å²) in [6.07, 6.45) is 2.95. The van der Waals surface area contributed by atoms with Crippen molar-refractivity contribution in [3.63, 3.8) is 0 Å². The predicted molar refractivity (Wildman–Crippen MR) is 92.1 cm³/mol. The van der Waals surface area contributed by atoms with Crippen molar-refractivity contribution in [3.05, 3.63) is 35.9 Å². The molecule has 1 aromatic rings. The van der Waals surface area contributed by atoms with Crippen LogP contribution in [-0.4, -0.2) is 35.8 Å². The Kier molecular flexibility index (Phi) is 6.20. The van der Waals surface area contributed by atoms with Crippen LogP contribution in [0.1, 0.15) is 50.4 Å². The van der Waals surface area contributed by atoms with Gasteiger partial charge < -0.3 is 10.2 Å². The third-order valence-electron chi connectivity index (χ3n) is 4.90. The van der Waals surface area contributed by atoms with E-state index >= 15 is 0 Å². The molecule has 126 valence electrons. The van der Waals surface area contributed by atoms with E-state index in [0.29, 0.717) is 11.5 Å². The Morgan fingerprint density at radius 3 is 2.39 bits per heavy atom. The SMILES string of the molecule is CC[C@H](C)[C@H](NC(=O)c1ccccc1)C(=O)N1CCC(C)CC1. The Labute approximate surface area is 139 Å². The van der Waals surface area contributed by atoms with Crippen LogP contribution in [0.2, 0.25) is 0 Å². The van der Waals surface area contributed by atoms with E-state index in [9.17, 15) is 9.59 Å². The first kappa shape index (κ1) is 17.5. The maximum absolute atomic E-state index is 12.9. The number of nitrogens with one attached hydrogen (secondary N) is 1. The van der Waals surface area contributed by atoms with E-state index in [1.807, 2.05) is 30.0 Å². The number of amides is 2. The summed E-state index contributed by atoms with van der Waals surface area (Å²) >= 11 is 0. The second-order valence-corrected chi connectivity index (χ2v) is 6.71. The number of hydrogen-bond donors (Lipinski definition) is 1. The highest BCUT2D eigenvalue weighted by molar-refractivity contribution is 5.97. The van der Waals surface area contributed by atoms with Gasteiger partial charge in [-0.25, -0.2) is 0 Å². The molecule has 0 bridgehead atoms. The molecule has 0 unspecified atom stereocenters. The molecule has 0 aromatic heterocycles. The molecule has 2 rings (SSSR count). The molecule has 0 aliphatic carbocycles. The lowest BCUT2D eigenvalue weighted by atomic mass is 9.94. The molecule has 23 heavy (non-hydrogen) atoms. The van der Waals surface area contributed by atoms with Gasteiger partial charge in [-0.2, -0.15) is 0 Å². The lowest BCUT2D eigenvalue weighted by molar-refractivity contribution is -0.135. The van der Waals surface area contributed by atoms with Crippen LogP contribution in [0.3, 0.4) is 0 Å². The summed E-state index contributed by atoms with van der Waals surface area (Å²) in [6.45, 7) is 7.91. The van der Waals surface area contributed by atoms with Gasteiger partial charge in [0, 0.05) is 18.7 Å². The van der Waals surface area contributed by atoms with E-state index in [4.69, 9.17) is 0 Å². The first-order valence-corrected chi connectivity index (χ1v) is 8.67. The molecule has 1 fully saturated rings. The highest BCUT2D eigenvalue weighted by atomic mass is 16.2. The van der Waals surface area contributed by atoms with Crippen molar-refractivity contribution in [2.45, 2.75) is 46.1 Å². The monoisotopic (exact) mass is 316 g/mol. The van der Waals surface area contributed by atoms with Gasteiger partial charge in [-0.15, -0.1) is 0 Å². The number of rotatable bonds is 5. The second kappa shape index (κ2) is 8.14. The topological polar surface area (TPSA) is 49.4 Å². The van der Waals surface area contributed by atoms with Gasteiger partial charge in [0.1, 0.15) is 6.04 Å². The first-order valence-electron chi connectivity index (χ1n) is 8.67. The average molecular weight is 316 g/mol. The maximum Gasteiger partial charge on any atom is 0.251 e. The van der Waals surface area contributed by atoms with E-state index in [1.54, 1.807) is 12.1 Å². The lowest BCUT2D eigenvalue weighted by Crippen LogP contribution is -2.53. The molecule has 1 aliphatic heterocycles. The quantitative estimate of drug-likeness (QED) is 0.907. The van der Waals surface area contributed by atoms with E-state index < -0.39 is 6.04 Å². The minimum Gasteiger partial charge on any atom is -0.341 e. The van der Waals surface area contributed by atoms with Crippen LogP contribution in [0.25, 0.3) is 0 Å². The molecule has 4 nitrogen and oxygen atoms in total. The average Bonchev–Trinajstić information content (AvgIpc) is 2.59. The van der Waals surface area contributed by atoms with Crippen molar-refractivity contribution in [3.8, 4) is 0 Å². The van der Waals surface area contributed by atoms with Gasteiger partial charge in [-0.05, 0) is 36.8 Å². The van der Waals surface area contributed by atoms with Gasteiger partial charge in [0.15, 0.2) is 0 Å². The van der Waals surface area contributed by atoms with Crippen LogP contribution in [0.5, 0.6) is 0 Å². The standard InChI is InChI=1S/C19H28N2O2/c1-4-15(3)17(19(23)21-12-10-14(2)11-13-21)20-18(22)16-8-6-5-7-9-16/h5-9,14-15,17H,4,10-13H2,1-3H3,(H,20,22)/t15-,17-/m0/s1. The highest BCUT2D eigenvalue weighted by Gasteiger charge is 2.31. The number of carbonyl (C=O) groups is 2. The van der Waals surface area contributed by atoms with Crippen molar-refractivity contribution < 1.29 is 9.59 Å². The van der Waals surface area contributed by atoms with Crippen LogP contribution < -0.4 is 5.32 Å². The number of nitrogens with zero attached hydrogens (tertiary/aromatic N) is 1. The van der Waals surface area contributed by atoms with Gasteiger partial charge in [-0.3, -0.25) is 9.59 Å². The number of hydrogen-bond acceptors (Lipinski definition) is 2. The minimum atomic E-state index is -0.443. The van der Waals surface area contributed by atoms with E-state index in [2.05, 4.69) is 19.2 Å². The summed E-state index contributed by atoms with van der Waals surface area (Å²) in [5.74, 6) is 0.694. The summed E-state index contributed by atoms with van der Waals surface area (Å²) in [4.78, 5) is 27.2. The molecule has 1 aromatic carbocycles. The second-order valence-electron chi connectivity index (χ2n) is 6.71. The fourth-order valence-corrected chi connectivity index (χ4v) is 2.92. The van der Waals surface area contributed by atoms with Crippen LogP contribution in [0.4, 0.5) is 0 Å². The summed E-state index contributed by atoms with van der Waals surface area (Å²) in [5, 5.41) is 2.96. The van der Waals surface area contributed by atoms with E-state index in [1.165, 1.54) is 0 Å². The zero-order valence-electron chi connectivity index (χ0n) is 14.4. The number of benzene rings is 1. The first-order chi connectivity index (χ1) is 11.0. The van der Waals surface area contributed by atoms with E-state index in [0.717, 1.165) is 32.4 Å². The van der Waals surface area contributed by atoms with Gasteiger partial charge in [0.25, 0.3) is 5.91 Å². The largest absolute Gasteiger partial charge is 0.341 e. The molecule has 1 saturated heterocycles. The molecule has 1 aliphatic rings. The summed E-state index contributed by atoms with van der Waals surface area (Å²) in [5.41, 5.74) is 0.598. The van der Waals surface area contributed by atoms with Gasteiger partial charge >= 0.3 is 0 Å². The normalized spacial score (nSPS) is 18.3. The zero-order chi connectivity index (χ0) is 16.8. The summed E-state index contributed by atoms with van der Waals surface area (Å²) in [6, 6.07) is 8.65. The smallest absolute Gasteiger partial charge is 0.251 e.